The average molecular weight is 370 g/mol. The molecule has 7 nitrogen and oxygen atoms in total. The van der Waals surface area contributed by atoms with Crippen molar-refractivity contribution in [2.75, 3.05) is 0 Å². The summed E-state index contributed by atoms with van der Waals surface area (Å²) in [6.07, 6.45) is -1.10. The fraction of sp³-hybridized carbons (Fsp3) is 0.158. The van der Waals surface area contributed by atoms with Crippen molar-refractivity contribution in [1.82, 2.24) is 9.78 Å². The van der Waals surface area contributed by atoms with Crippen molar-refractivity contribution < 1.29 is 23.1 Å². The van der Waals surface area contributed by atoms with Gasteiger partial charge in [-0.2, -0.15) is 4.68 Å². The van der Waals surface area contributed by atoms with E-state index in [0.29, 0.717) is 5.56 Å². The van der Waals surface area contributed by atoms with Gasteiger partial charge in [0.2, 0.25) is 11.7 Å². The molecule has 0 aliphatic carbocycles. The van der Waals surface area contributed by atoms with Crippen LogP contribution >= 0.6 is 0 Å². The van der Waals surface area contributed by atoms with Crippen LogP contribution in [0.3, 0.4) is 0 Å². The lowest BCUT2D eigenvalue weighted by Crippen LogP contribution is -2.29. The van der Waals surface area contributed by atoms with E-state index in [9.17, 15) is 18.8 Å². The number of esters is 1. The fourth-order valence-electron chi connectivity index (χ4n) is 2.36. The van der Waals surface area contributed by atoms with E-state index in [-0.39, 0.29) is 11.5 Å². The minimum atomic E-state index is -1.10. The number of Topliss-reactive ketones (excluding diaryl/α,β-unsaturated/α-hetero) is 1. The van der Waals surface area contributed by atoms with E-state index in [1.807, 2.05) is 0 Å². The van der Waals surface area contributed by atoms with Crippen molar-refractivity contribution in [3.05, 3.63) is 76.5 Å². The summed E-state index contributed by atoms with van der Waals surface area (Å²) in [5.74, 6) is -2.53. The first-order valence-corrected chi connectivity index (χ1v) is 8.06. The molecule has 0 radical (unpaired) electrons. The van der Waals surface area contributed by atoms with Crippen LogP contribution in [-0.2, 0) is 16.1 Å². The number of aromatic nitrogens is 2. The van der Waals surface area contributed by atoms with E-state index in [1.165, 1.54) is 19.1 Å². The molecule has 2 aromatic carbocycles. The van der Waals surface area contributed by atoms with Gasteiger partial charge in [-0.1, -0.05) is 18.2 Å². The Bertz CT molecular complexity index is 1010. The number of carbonyl (C=O) groups is 2. The minimum absolute atomic E-state index is 0.0730. The fourth-order valence-corrected chi connectivity index (χ4v) is 2.36. The topological polar surface area (TPSA) is 91.4 Å². The number of ketones is 1. The molecule has 3 aromatic rings. The van der Waals surface area contributed by atoms with Gasteiger partial charge in [-0.3, -0.25) is 9.59 Å². The summed E-state index contributed by atoms with van der Waals surface area (Å²) < 4.78 is 23.8. The number of carbonyl (C=O) groups excluding carboxylic acids is 2. The van der Waals surface area contributed by atoms with Crippen molar-refractivity contribution in [1.29, 1.82) is 0 Å². The predicted octanol–water partition coefficient (Wildman–Crippen LogP) is 2.46. The normalized spacial score (nSPS) is 11.8. The summed E-state index contributed by atoms with van der Waals surface area (Å²) in [6, 6.07) is 13.6. The predicted molar refractivity (Wildman–Crippen MR) is 92.5 cm³/mol. The highest BCUT2D eigenvalue weighted by molar-refractivity contribution is 6.00. The summed E-state index contributed by atoms with van der Waals surface area (Å²) in [4.78, 5) is 36.1. The molecule has 0 aliphatic rings. The minimum Gasteiger partial charge on any atom is -0.453 e. The highest BCUT2D eigenvalue weighted by Gasteiger charge is 2.21. The number of hydrogen-bond acceptors (Lipinski definition) is 6. The molecule has 1 heterocycles. The SMILES string of the molecule is C[C@H](OC(=O)Cn1nc(-c2ccccc2)oc1=O)C(=O)c1ccc(F)cc1. The molecule has 1 aromatic heterocycles. The van der Waals surface area contributed by atoms with Crippen LogP contribution in [-0.4, -0.2) is 27.6 Å². The highest BCUT2D eigenvalue weighted by atomic mass is 19.1. The molecule has 0 spiro atoms. The number of benzene rings is 2. The number of hydrogen-bond donors (Lipinski definition) is 0. The van der Waals surface area contributed by atoms with E-state index in [1.54, 1.807) is 30.3 Å². The molecule has 1 atom stereocenters. The zero-order chi connectivity index (χ0) is 19.4. The number of rotatable bonds is 6. The highest BCUT2D eigenvalue weighted by Crippen LogP contribution is 2.14. The quantitative estimate of drug-likeness (QED) is 0.489. The van der Waals surface area contributed by atoms with Gasteiger partial charge in [-0.05, 0) is 43.3 Å². The molecule has 0 saturated heterocycles. The Morgan fingerprint density at radius 3 is 2.48 bits per heavy atom. The summed E-state index contributed by atoms with van der Waals surface area (Å²) in [5.41, 5.74) is 0.795. The largest absolute Gasteiger partial charge is 0.453 e. The first-order valence-electron chi connectivity index (χ1n) is 8.06. The van der Waals surface area contributed by atoms with E-state index in [0.717, 1.165) is 16.8 Å². The van der Waals surface area contributed by atoms with Crippen LogP contribution in [0.2, 0.25) is 0 Å². The zero-order valence-corrected chi connectivity index (χ0v) is 14.3. The van der Waals surface area contributed by atoms with Crippen molar-refractivity contribution in [2.45, 2.75) is 19.6 Å². The molecule has 0 fully saturated rings. The second kappa shape index (κ2) is 7.77. The molecular weight excluding hydrogens is 355 g/mol. The van der Waals surface area contributed by atoms with Gasteiger partial charge in [0, 0.05) is 11.1 Å². The summed E-state index contributed by atoms with van der Waals surface area (Å²) in [5, 5.41) is 3.95. The molecule has 0 bridgehead atoms. The maximum Gasteiger partial charge on any atom is 0.437 e. The summed E-state index contributed by atoms with van der Waals surface area (Å²) >= 11 is 0. The average Bonchev–Trinajstić information content (AvgIpc) is 3.03. The maximum atomic E-state index is 12.9. The Morgan fingerprint density at radius 2 is 1.81 bits per heavy atom. The molecule has 0 saturated carbocycles. The Kier molecular flexibility index (Phi) is 5.25. The molecule has 0 N–H and O–H groups in total. The zero-order valence-electron chi connectivity index (χ0n) is 14.3. The monoisotopic (exact) mass is 370 g/mol. The summed E-state index contributed by atoms with van der Waals surface area (Å²) in [7, 11) is 0. The van der Waals surface area contributed by atoms with Crippen LogP contribution in [0, 0.1) is 5.82 Å². The first kappa shape index (κ1) is 18.2. The lowest BCUT2D eigenvalue weighted by Gasteiger charge is -2.12. The van der Waals surface area contributed by atoms with Gasteiger partial charge >= 0.3 is 11.7 Å². The molecule has 0 amide bonds. The van der Waals surface area contributed by atoms with Crippen molar-refractivity contribution >= 4 is 11.8 Å². The molecule has 8 heteroatoms. The van der Waals surface area contributed by atoms with Gasteiger partial charge < -0.3 is 9.15 Å². The van der Waals surface area contributed by atoms with E-state index < -0.39 is 36.0 Å². The molecule has 138 valence electrons. The van der Waals surface area contributed by atoms with Gasteiger partial charge in [0.1, 0.15) is 12.4 Å². The molecule has 3 rings (SSSR count). The van der Waals surface area contributed by atoms with E-state index in [4.69, 9.17) is 9.15 Å². The van der Waals surface area contributed by atoms with Crippen LogP contribution < -0.4 is 5.76 Å². The Labute approximate surface area is 153 Å². The van der Waals surface area contributed by atoms with Gasteiger partial charge in [-0.15, -0.1) is 5.10 Å². The molecule has 0 aliphatic heterocycles. The second-order valence-electron chi connectivity index (χ2n) is 5.70. The van der Waals surface area contributed by atoms with Crippen molar-refractivity contribution in [2.24, 2.45) is 0 Å². The number of nitrogens with zero attached hydrogens (tertiary/aromatic N) is 2. The molecule has 0 unspecified atom stereocenters. The van der Waals surface area contributed by atoms with E-state index in [2.05, 4.69) is 5.10 Å². The standard InChI is InChI=1S/C19H15FN2O5/c1-12(17(24)13-7-9-15(20)10-8-13)26-16(23)11-22-19(25)27-18(21-22)14-5-3-2-4-6-14/h2-10,12H,11H2,1H3/t12-/m0/s1. The van der Waals surface area contributed by atoms with Gasteiger partial charge in [0.05, 0.1) is 0 Å². The van der Waals surface area contributed by atoms with Crippen LogP contribution in [0.1, 0.15) is 17.3 Å². The Balaban J connectivity index is 1.65. The smallest absolute Gasteiger partial charge is 0.437 e. The number of halogens is 1. The third-order valence-electron chi connectivity index (χ3n) is 3.71. The summed E-state index contributed by atoms with van der Waals surface area (Å²) in [6.45, 7) is 0.890. The molecule has 27 heavy (non-hydrogen) atoms. The van der Waals surface area contributed by atoms with Gasteiger partial charge in [0.15, 0.2) is 6.10 Å². The second-order valence-corrected chi connectivity index (χ2v) is 5.70. The van der Waals surface area contributed by atoms with Crippen molar-refractivity contribution in [3.8, 4) is 11.5 Å². The lowest BCUT2D eigenvalue weighted by molar-refractivity contribution is -0.147. The van der Waals surface area contributed by atoms with Crippen LogP contribution in [0.25, 0.3) is 11.5 Å². The lowest BCUT2D eigenvalue weighted by atomic mass is 10.1. The Morgan fingerprint density at radius 1 is 1.15 bits per heavy atom. The number of ether oxygens (including phenoxy) is 1. The van der Waals surface area contributed by atoms with E-state index >= 15 is 0 Å². The third-order valence-corrected chi connectivity index (χ3v) is 3.71. The maximum absolute atomic E-state index is 12.9. The first-order chi connectivity index (χ1) is 12.9. The van der Waals surface area contributed by atoms with Crippen molar-refractivity contribution in [3.63, 3.8) is 0 Å². The van der Waals surface area contributed by atoms with Crippen LogP contribution in [0.4, 0.5) is 4.39 Å². The van der Waals surface area contributed by atoms with Gasteiger partial charge in [0.25, 0.3) is 0 Å². The van der Waals surface area contributed by atoms with Gasteiger partial charge in [-0.25, -0.2) is 9.18 Å². The molecular formula is C19H15FN2O5. The Hall–Kier alpha value is -3.55. The van der Waals surface area contributed by atoms with Crippen LogP contribution in [0.15, 0.2) is 63.8 Å². The third kappa shape index (κ3) is 4.35. The van der Waals surface area contributed by atoms with Crippen LogP contribution in [0.5, 0.6) is 0 Å².